The molecule has 4 aromatic carbocycles. The Bertz CT molecular complexity index is 1870. The number of nitro groups is 1. The Morgan fingerprint density at radius 3 is 2.06 bits per heavy atom. The number of non-ortho nitro benzene ring substituents is 1. The zero-order valence-electron chi connectivity index (χ0n) is 26.8. The summed E-state index contributed by atoms with van der Waals surface area (Å²) in [6.45, 7) is 2.84. The van der Waals surface area contributed by atoms with E-state index in [0.29, 0.717) is 11.5 Å². The summed E-state index contributed by atoms with van der Waals surface area (Å²) >= 11 is 0.0493. The first-order valence-electron chi connectivity index (χ1n) is 15.4. The number of nitrogens with zero attached hydrogens (tertiary/aromatic N) is 3. The number of carbonyl (C=O) groups excluding carboxylic acids is 1. The third kappa shape index (κ3) is 8.76. The molecule has 0 heterocycles. The lowest BCUT2D eigenvalue weighted by atomic mass is 9.91. The number of halogens is 5. The van der Waals surface area contributed by atoms with E-state index < -0.39 is 75.2 Å². The first-order chi connectivity index (χ1) is 23.7. The summed E-state index contributed by atoms with van der Waals surface area (Å²) in [7, 11) is 0. The van der Waals surface area contributed by atoms with Gasteiger partial charge in [0.2, 0.25) is 11.7 Å². The number of anilines is 1. The highest BCUT2D eigenvalue weighted by molar-refractivity contribution is 7.97. The fourth-order valence-electron chi connectivity index (χ4n) is 5.35. The van der Waals surface area contributed by atoms with E-state index in [-0.39, 0.29) is 35.4 Å². The molecule has 0 spiro atoms. The molecule has 1 unspecified atom stereocenters. The van der Waals surface area contributed by atoms with Crippen LogP contribution in [0.2, 0.25) is 0 Å². The lowest BCUT2D eigenvalue weighted by molar-refractivity contribution is -0.384. The third-order valence-electron chi connectivity index (χ3n) is 7.93. The Labute approximate surface area is 288 Å². The summed E-state index contributed by atoms with van der Waals surface area (Å²) in [4.78, 5) is 36.2. The molecule has 0 bridgehead atoms. The number of aromatic carboxylic acids is 1. The number of rotatable bonds is 15. The molecule has 9 nitrogen and oxygen atoms in total. The number of carboxylic acid groups (broad SMARTS) is 1. The van der Waals surface area contributed by atoms with E-state index in [9.17, 15) is 51.9 Å². The highest BCUT2D eigenvalue weighted by Crippen LogP contribution is 2.35. The molecule has 0 radical (unpaired) electrons. The van der Waals surface area contributed by atoms with Crippen LogP contribution in [0.1, 0.15) is 66.1 Å². The predicted molar refractivity (Wildman–Crippen MR) is 176 cm³/mol. The van der Waals surface area contributed by atoms with Gasteiger partial charge in [-0.05, 0) is 59.5 Å². The first kappa shape index (κ1) is 37.8. The van der Waals surface area contributed by atoms with Crippen molar-refractivity contribution in [2.45, 2.75) is 57.0 Å². The highest BCUT2D eigenvalue weighted by Gasteiger charge is 2.30. The van der Waals surface area contributed by atoms with Crippen molar-refractivity contribution in [1.82, 2.24) is 4.31 Å². The van der Waals surface area contributed by atoms with Crippen LogP contribution in [0.3, 0.4) is 0 Å². The summed E-state index contributed by atoms with van der Waals surface area (Å²) in [5.74, 6) is -13.6. The molecule has 2 N–H and O–H groups in total. The molecule has 0 aliphatic carbocycles. The fourth-order valence-corrected chi connectivity index (χ4v) is 6.33. The fraction of sp³-hybridized carbons (Fsp3) is 0.257. The molecule has 50 heavy (non-hydrogen) atoms. The molecule has 264 valence electrons. The summed E-state index contributed by atoms with van der Waals surface area (Å²) in [6.07, 6.45) is 2.86. The van der Waals surface area contributed by atoms with Gasteiger partial charge in [-0.15, -0.1) is 0 Å². The second kappa shape index (κ2) is 16.6. The largest absolute Gasteiger partial charge is 0.507 e. The molecular formula is C35H32F5N3O6S. The van der Waals surface area contributed by atoms with Crippen molar-refractivity contribution < 1.29 is 46.7 Å². The van der Waals surface area contributed by atoms with Gasteiger partial charge in [0.05, 0.1) is 18.0 Å². The van der Waals surface area contributed by atoms with Crippen molar-refractivity contribution in [2.75, 3.05) is 11.4 Å². The van der Waals surface area contributed by atoms with Crippen LogP contribution in [0, 0.1) is 39.2 Å². The molecule has 0 fully saturated rings. The Morgan fingerprint density at radius 1 is 0.860 bits per heavy atom. The van der Waals surface area contributed by atoms with E-state index in [2.05, 4.69) is 13.8 Å². The third-order valence-corrected chi connectivity index (χ3v) is 8.99. The molecule has 0 saturated carbocycles. The van der Waals surface area contributed by atoms with E-state index in [4.69, 9.17) is 0 Å². The molecule has 4 rings (SSSR count). The van der Waals surface area contributed by atoms with Crippen LogP contribution in [0.15, 0.2) is 71.6 Å². The number of nitro benzene ring substituents is 1. The van der Waals surface area contributed by atoms with E-state index in [1.165, 1.54) is 24.3 Å². The number of phenols is 1. The summed E-state index contributed by atoms with van der Waals surface area (Å²) in [6, 6.07) is 15.9. The maximum Gasteiger partial charge on any atom is 0.339 e. The second-order valence-electron chi connectivity index (χ2n) is 11.3. The van der Waals surface area contributed by atoms with Crippen molar-refractivity contribution in [2.24, 2.45) is 0 Å². The Balaban J connectivity index is 1.75. The van der Waals surface area contributed by atoms with Crippen LogP contribution < -0.4 is 4.90 Å². The van der Waals surface area contributed by atoms with Crippen molar-refractivity contribution in [3.05, 3.63) is 128 Å². The minimum Gasteiger partial charge on any atom is -0.507 e. The van der Waals surface area contributed by atoms with E-state index >= 15 is 0 Å². The minimum atomic E-state index is -2.37. The van der Waals surface area contributed by atoms with E-state index in [0.717, 1.165) is 52.2 Å². The smallest absolute Gasteiger partial charge is 0.339 e. The topological polar surface area (TPSA) is 124 Å². The molecule has 1 atom stereocenters. The van der Waals surface area contributed by atoms with Gasteiger partial charge in [-0.2, -0.15) is 0 Å². The van der Waals surface area contributed by atoms with Gasteiger partial charge in [-0.3, -0.25) is 14.9 Å². The SMILES string of the molecule is CCCC(CC)c1ccc(CN(C(=O)CN(Cc2cccc([N+](=O)[O-])c2)Sc2c(F)c(F)c(F)c(F)c2F)c2ccc(C(=O)O)c(O)c2)cc1. The minimum absolute atomic E-state index is 0.0375. The van der Waals surface area contributed by atoms with Crippen molar-refractivity contribution >= 4 is 35.2 Å². The van der Waals surface area contributed by atoms with Gasteiger partial charge in [0, 0.05) is 30.4 Å². The van der Waals surface area contributed by atoms with E-state index in [1.807, 2.05) is 12.1 Å². The standard InChI is InChI=1S/C35H32F5N3O6S/c1-3-6-22(4-2)23-11-9-20(10-12-23)18-42(24-13-14-26(35(46)47)27(44)16-24)28(45)19-41(17-21-7-5-8-25(15-21)43(48)49)50-34-32(39)30(37)29(36)31(38)33(34)40/h5,7-16,22,44H,3-4,6,17-19H2,1-2H3,(H,46,47). The van der Waals surface area contributed by atoms with Gasteiger partial charge in [-0.1, -0.05) is 56.7 Å². The number of aromatic hydroxyl groups is 1. The Morgan fingerprint density at radius 2 is 1.50 bits per heavy atom. The zero-order chi connectivity index (χ0) is 36.7. The molecule has 4 aromatic rings. The Kier molecular flexibility index (Phi) is 12.5. The van der Waals surface area contributed by atoms with Crippen LogP contribution in [0.25, 0.3) is 0 Å². The monoisotopic (exact) mass is 717 g/mol. The van der Waals surface area contributed by atoms with E-state index in [1.54, 1.807) is 12.1 Å². The maximum absolute atomic E-state index is 14.8. The van der Waals surface area contributed by atoms with Crippen molar-refractivity contribution in [1.29, 1.82) is 0 Å². The van der Waals surface area contributed by atoms with Gasteiger partial charge < -0.3 is 15.1 Å². The number of hydrogen-bond donors (Lipinski definition) is 2. The lowest BCUT2D eigenvalue weighted by Crippen LogP contribution is -2.38. The summed E-state index contributed by atoms with van der Waals surface area (Å²) < 4.78 is 72.7. The summed E-state index contributed by atoms with van der Waals surface area (Å²) in [5.41, 5.74) is 1.12. The number of carboxylic acids is 1. The number of amides is 1. The van der Waals surface area contributed by atoms with Crippen LogP contribution in [0.5, 0.6) is 5.75 Å². The zero-order valence-corrected chi connectivity index (χ0v) is 27.7. The predicted octanol–water partition coefficient (Wildman–Crippen LogP) is 8.73. The lowest BCUT2D eigenvalue weighted by Gasteiger charge is -2.28. The second-order valence-corrected chi connectivity index (χ2v) is 12.4. The van der Waals surface area contributed by atoms with Gasteiger partial charge in [0.25, 0.3) is 5.69 Å². The molecule has 0 aliphatic rings. The van der Waals surface area contributed by atoms with Gasteiger partial charge >= 0.3 is 5.97 Å². The van der Waals surface area contributed by atoms with Gasteiger partial charge in [0.1, 0.15) is 16.2 Å². The average molecular weight is 718 g/mol. The quantitative estimate of drug-likeness (QED) is 0.0313. The molecule has 0 saturated heterocycles. The normalized spacial score (nSPS) is 11.8. The molecular weight excluding hydrogens is 685 g/mol. The van der Waals surface area contributed by atoms with Gasteiger partial charge in [0.15, 0.2) is 23.3 Å². The first-order valence-corrected chi connectivity index (χ1v) is 16.2. The van der Waals surface area contributed by atoms with Crippen LogP contribution >= 0.6 is 11.9 Å². The highest BCUT2D eigenvalue weighted by atomic mass is 32.2. The van der Waals surface area contributed by atoms with Gasteiger partial charge in [-0.25, -0.2) is 31.1 Å². The number of benzene rings is 4. The van der Waals surface area contributed by atoms with Crippen LogP contribution in [0.4, 0.5) is 33.3 Å². The number of carbonyl (C=O) groups is 2. The Hall–Kier alpha value is -5.02. The van der Waals surface area contributed by atoms with Crippen molar-refractivity contribution in [3.8, 4) is 5.75 Å². The summed E-state index contributed by atoms with van der Waals surface area (Å²) in [5, 5.41) is 31.2. The number of hydrogen-bond acceptors (Lipinski definition) is 7. The molecule has 15 heteroatoms. The molecule has 0 aliphatic heterocycles. The molecule has 0 aromatic heterocycles. The molecule has 1 amide bonds. The van der Waals surface area contributed by atoms with Crippen molar-refractivity contribution in [3.63, 3.8) is 0 Å². The average Bonchev–Trinajstić information content (AvgIpc) is 3.09. The maximum atomic E-state index is 14.8. The van der Waals surface area contributed by atoms with Crippen LogP contribution in [-0.4, -0.2) is 37.9 Å². The van der Waals surface area contributed by atoms with Crippen LogP contribution in [-0.2, 0) is 17.9 Å².